The molecule has 0 aliphatic rings. The summed E-state index contributed by atoms with van der Waals surface area (Å²) in [5, 5.41) is 1.12. The Morgan fingerprint density at radius 2 is 1.93 bits per heavy atom. The summed E-state index contributed by atoms with van der Waals surface area (Å²) < 4.78 is 5.35. The van der Waals surface area contributed by atoms with E-state index in [1.54, 1.807) is 7.11 Å². The van der Waals surface area contributed by atoms with Crippen molar-refractivity contribution in [2.75, 3.05) is 7.11 Å². The van der Waals surface area contributed by atoms with Gasteiger partial charge >= 0.3 is 0 Å². The summed E-state index contributed by atoms with van der Waals surface area (Å²) >= 11 is 0. The minimum Gasteiger partial charge on any atom is -0.495 e. The van der Waals surface area contributed by atoms with Crippen molar-refractivity contribution in [1.82, 2.24) is 4.98 Å². The SMILES string of the molecule is COc1cc2ccccc2nc1C(C)C. The number of rotatable bonds is 2. The van der Waals surface area contributed by atoms with Gasteiger partial charge in [-0.15, -0.1) is 0 Å². The van der Waals surface area contributed by atoms with Crippen LogP contribution in [0.1, 0.15) is 25.5 Å². The van der Waals surface area contributed by atoms with Crippen LogP contribution in [0.25, 0.3) is 10.9 Å². The lowest BCUT2D eigenvalue weighted by molar-refractivity contribution is 0.405. The van der Waals surface area contributed by atoms with Gasteiger partial charge in [0.25, 0.3) is 0 Å². The molecule has 0 unspecified atom stereocenters. The maximum Gasteiger partial charge on any atom is 0.141 e. The first-order chi connectivity index (χ1) is 7.22. The maximum atomic E-state index is 5.35. The highest BCUT2D eigenvalue weighted by Crippen LogP contribution is 2.27. The number of ether oxygens (including phenoxy) is 1. The Balaban J connectivity index is 2.69. The highest BCUT2D eigenvalue weighted by Gasteiger charge is 2.10. The average molecular weight is 201 g/mol. The Bertz CT molecular complexity index is 477. The first-order valence-electron chi connectivity index (χ1n) is 5.16. The summed E-state index contributed by atoms with van der Waals surface area (Å²) in [5.74, 6) is 1.26. The smallest absolute Gasteiger partial charge is 0.141 e. The van der Waals surface area contributed by atoms with Crippen molar-refractivity contribution >= 4 is 10.9 Å². The molecule has 0 aliphatic heterocycles. The van der Waals surface area contributed by atoms with Crippen LogP contribution in [0.3, 0.4) is 0 Å². The number of nitrogens with zero attached hydrogens (tertiary/aromatic N) is 1. The fourth-order valence-corrected chi connectivity index (χ4v) is 1.69. The highest BCUT2D eigenvalue weighted by atomic mass is 16.5. The summed E-state index contributed by atoms with van der Waals surface area (Å²) in [6.07, 6.45) is 0. The topological polar surface area (TPSA) is 22.1 Å². The molecule has 78 valence electrons. The van der Waals surface area contributed by atoms with Gasteiger partial charge in [0, 0.05) is 5.39 Å². The Kier molecular flexibility index (Phi) is 2.58. The first-order valence-corrected chi connectivity index (χ1v) is 5.16. The van der Waals surface area contributed by atoms with Crippen LogP contribution in [0.5, 0.6) is 5.75 Å². The molecule has 15 heavy (non-hydrogen) atoms. The van der Waals surface area contributed by atoms with E-state index < -0.39 is 0 Å². The second-order valence-corrected chi connectivity index (χ2v) is 3.92. The second kappa shape index (κ2) is 3.89. The Labute approximate surface area is 89.9 Å². The number of benzene rings is 1. The molecular weight excluding hydrogens is 186 g/mol. The van der Waals surface area contributed by atoms with Crippen LogP contribution in [0, 0.1) is 0 Å². The average Bonchev–Trinajstić information content (AvgIpc) is 2.27. The predicted octanol–water partition coefficient (Wildman–Crippen LogP) is 3.37. The van der Waals surface area contributed by atoms with E-state index in [1.807, 2.05) is 18.2 Å². The Morgan fingerprint density at radius 3 is 2.60 bits per heavy atom. The van der Waals surface area contributed by atoms with Crippen LogP contribution in [-0.2, 0) is 0 Å². The summed E-state index contributed by atoms with van der Waals surface area (Å²) in [6, 6.07) is 10.2. The Morgan fingerprint density at radius 1 is 1.20 bits per heavy atom. The molecule has 2 rings (SSSR count). The molecule has 2 heteroatoms. The standard InChI is InChI=1S/C13H15NO/c1-9(2)13-12(15-3)8-10-6-4-5-7-11(10)14-13/h4-9H,1-3H3. The van der Waals surface area contributed by atoms with Gasteiger partial charge in [0.1, 0.15) is 5.75 Å². The molecule has 0 aliphatic carbocycles. The van der Waals surface area contributed by atoms with Crippen LogP contribution in [0.4, 0.5) is 0 Å². The molecule has 0 atom stereocenters. The van der Waals surface area contributed by atoms with Gasteiger partial charge in [0.15, 0.2) is 0 Å². The van der Waals surface area contributed by atoms with E-state index in [9.17, 15) is 0 Å². The van der Waals surface area contributed by atoms with E-state index in [1.165, 1.54) is 0 Å². The third kappa shape index (κ3) is 1.80. The number of hydrogen-bond acceptors (Lipinski definition) is 2. The van der Waals surface area contributed by atoms with Crippen LogP contribution < -0.4 is 4.74 Å². The molecule has 0 bridgehead atoms. The van der Waals surface area contributed by atoms with Gasteiger partial charge in [-0.05, 0) is 18.1 Å². The lowest BCUT2D eigenvalue weighted by Gasteiger charge is -2.11. The van der Waals surface area contributed by atoms with Crippen molar-refractivity contribution in [1.29, 1.82) is 0 Å². The van der Waals surface area contributed by atoms with E-state index in [0.29, 0.717) is 5.92 Å². The van der Waals surface area contributed by atoms with E-state index >= 15 is 0 Å². The van der Waals surface area contributed by atoms with Gasteiger partial charge in [-0.1, -0.05) is 32.0 Å². The van der Waals surface area contributed by atoms with Gasteiger partial charge in [-0.25, -0.2) is 4.98 Å². The zero-order valence-corrected chi connectivity index (χ0v) is 9.32. The van der Waals surface area contributed by atoms with Crippen LogP contribution in [0.2, 0.25) is 0 Å². The van der Waals surface area contributed by atoms with Gasteiger partial charge in [0.2, 0.25) is 0 Å². The number of methoxy groups -OCH3 is 1. The lowest BCUT2D eigenvalue weighted by atomic mass is 10.1. The molecule has 0 saturated heterocycles. The zero-order chi connectivity index (χ0) is 10.8. The van der Waals surface area contributed by atoms with Gasteiger partial charge in [-0.3, -0.25) is 0 Å². The quantitative estimate of drug-likeness (QED) is 0.743. The van der Waals surface area contributed by atoms with Gasteiger partial charge < -0.3 is 4.74 Å². The highest BCUT2D eigenvalue weighted by molar-refractivity contribution is 5.80. The first kappa shape index (κ1) is 9.97. The number of fused-ring (bicyclic) bond motifs is 1. The minimum atomic E-state index is 0.379. The lowest BCUT2D eigenvalue weighted by Crippen LogP contribution is -1.98. The summed E-state index contributed by atoms with van der Waals surface area (Å²) in [5.41, 5.74) is 2.05. The molecule has 0 saturated carbocycles. The molecule has 2 nitrogen and oxygen atoms in total. The zero-order valence-electron chi connectivity index (χ0n) is 9.32. The van der Waals surface area contributed by atoms with Crippen LogP contribution in [0.15, 0.2) is 30.3 Å². The van der Waals surface area contributed by atoms with Crippen molar-refractivity contribution in [3.8, 4) is 5.75 Å². The molecule has 1 heterocycles. The largest absolute Gasteiger partial charge is 0.495 e. The monoisotopic (exact) mass is 201 g/mol. The normalized spacial score (nSPS) is 10.9. The van der Waals surface area contributed by atoms with Crippen molar-refractivity contribution in [3.63, 3.8) is 0 Å². The number of aromatic nitrogens is 1. The fourth-order valence-electron chi connectivity index (χ4n) is 1.69. The summed E-state index contributed by atoms with van der Waals surface area (Å²) in [4.78, 5) is 4.62. The molecule has 0 spiro atoms. The second-order valence-electron chi connectivity index (χ2n) is 3.92. The molecule has 0 fully saturated rings. The van der Waals surface area contributed by atoms with Crippen molar-refractivity contribution in [2.24, 2.45) is 0 Å². The van der Waals surface area contributed by atoms with Gasteiger partial charge in [0.05, 0.1) is 18.3 Å². The summed E-state index contributed by atoms with van der Waals surface area (Å²) in [7, 11) is 1.69. The maximum absolute atomic E-state index is 5.35. The van der Waals surface area contributed by atoms with Crippen LogP contribution >= 0.6 is 0 Å². The van der Waals surface area contributed by atoms with E-state index in [-0.39, 0.29) is 0 Å². The van der Waals surface area contributed by atoms with E-state index in [2.05, 4.69) is 31.0 Å². The van der Waals surface area contributed by atoms with Gasteiger partial charge in [-0.2, -0.15) is 0 Å². The molecule has 1 aromatic carbocycles. The number of para-hydroxylation sites is 1. The van der Waals surface area contributed by atoms with Crippen LogP contribution in [-0.4, -0.2) is 12.1 Å². The number of pyridine rings is 1. The molecule has 1 aromatic heterocycles. The molecular formula is C13H15NO. The van der Waals surface area contributed by atoms with E-state index in [4.69, 9.17) is 4.74 Å². The fraction of sp³-hybridized carbons (Fsp3) is 0.308. The Hall–Kier alpha value is -1.57. The summed E-state index contributed by atoms with van der Waals surface area (Å²) in [6.45, 7) is 4.25. The third-order valence-electron chi connectivity index (χ3n) is 2.48. The molecule has 0 N–H and O–H groups in total. The molecule has 2 aromatic rings. The van der Waals surface area contributed by atoms with Crippen molar-refractivity contribution < 1.29 is 4.74 Å². The van der Waals surface area contributed by atoms with E-state index in [0.717, 1.165) is 22.3 Å². The van der Waals surface area contributed by atoms with Crippen molar-refractivity contribution in [2.45, 2.75) is 19.8 Å². The molecule has 0 amide bonds. The predicted molar refractivity (Wildman–Crippen MR) is 62.4 cm³/mol. The molecule has 0 radical (unpaired) electrons. The third-order valence-corrected chi connectivity index (χ3v) is 2.48. The van der Waals surface area contributed by atoms with Crippen molar-refractivity contribution in [3.05, 3.63) is 36.0 Å². The minimum absolute atomic E-state index is 0.379. The number of hydrogen-bond donors (Lipinski definition) is 0.